The zero-order valence-corrected chi connectivity index (χ0v) is 20.3. The van der Waals surface area contributed by atoms with Gasteiger partial charge in [0.2, 0.25) is 5.91 Å². The molecule has 0 aliphatic carbocycles. The van der Waals surface area contributed by atoms with Gasteiger partial charge in [-0.3, -0.25) is 19.2 Å². The molecule has 178 valence electrons. The van der Waals surface area contributed by atoms with Crippen LogP contribution in [0.4, 0.5) is 11.4 Å². The number of carbonyl (C=O) groups excluding carboxylic acids is 1. The number of benzene rings is 3. The first-order valence-corrected chi connectivity index (χ1v) is 12.1. The zero-order valence-electron chi connectivity index (χ0n) is 19.5. The van der Waals surface area contributed by atoms with Crippen LogP contribution >= 0.6 is 0 Å². The number of non-ortho nitro benzene ring substituents is 1. The highest BCUT2D eigenvalue weighted by atomic mass is 32.2. The van der Waals surface area contributed by atoms with Gasteiger partial charge < -0.3 is 5.32 Å². The normalized spacial score (nSPS) is 12.1. The molecule has 0 fully saturated rings. The summed E-state index contributed by atoms with van der Waals surface area (Å²) < 4.78 is 27.7. The first-order chi connectivity index (χ1) is 16.0. The minimum atomic E-state index is -4.16. The van der Waals surface area contributed by atoms with Crippen molar-refractivity contribution in [2.45, 2.75) is 38.6 Å². The molecule has 8 nitrogen and oxygen atoms in total. The second kappa shape index (κ2) is 10.0. The van der Waals surface area contributed by atoms with E-state index in [0.717, 1.165) is 32.6 Å². The molecule has 34 heavy (non-hydrogen) atoms. The summed E-state index contributed by atoms with van der Waals surface area (Å²) in [5, 5.41) is 14.1. The molecule has 0 bridgehead atoms. The highest BCUT2D eigenvalue weighted by Crippen LogP contribution is 2.27. The van der Waals surface area contributed by atoms with Gasteiger partial charge in [-0.2, -0.15) is 0 Å². The maximum absolute atomic E-state index is 13.4. The molecule has 0 aliphatic rings. The Bertz CT molecular complexity index is 1320. The quantitative estimate of drug-likeness (QED) is 0.374. The van der Waals surface area contributed by atoms with Gasteiger partial charge in [-0.15, -0.1) is 0 Å². The Kier molecular flexibility index (Phi) is 7.36. The average Bonchev–Trinajstić information content (AvgIpc) is 2.80. The van der Waals surface area contributed by atoms with E-state index < -0.39 is 27.4 Å². The van der Waals surface area contributed by atoms with Crippen molar-refractivity contribution in [2.75, 3.05) is 10.8 Å². The molecule has 1 N–H and O–H groups in total. The standard InChI is InChI=1S/C25H27N3O5S/c1-17-13-19(3)24(14-18(17)2)20(4)26-25(29)16-27(21-9-8-10-22(15-21)28(30)31)34(32,33)23-11-6-5-7-12-23/h5-15,20H,16H2,1-4H3,(H,26,29). The first kappa shape index (κ1) is 24.9. The van der Waals surface area contributed by atoms with E-state index in [9.17, 15) is 23.3 Å². The van der Waals surface area contributed by atoms with Gasteiger partial charge in [-0.1, -0.05) is 36.4 Å². The van der Waals surface area contributed by atoms with Crippen LogP contribution in [0.5, 0.6) is 0 Å². The van der Waals surface area contributed by atoms with Crippen molar-refractivity contribution < 1.29 is 18.1 Å². The summed E-state index contributed by atoms with van der Waals surface area (Å²) in [6.07, 6.45) is 0. The van der Waals surface area contributed by atoms with Crippen molar-refractivity contribution in [3.8, 4) is 0 Å². The van der Waals surface area contributed by atoms with Crippen molar-refractivity contribution in [1.29, 1.82) is 0 Å². The Morgan fingerprint density at radius 2 is 1.62 bits per heavy atom. The molecule has 3 aromatic rings. The van der Waals surface area contributed by atoms with Crippen LogP contribution in [-0.2, 0) is 14.8 Å². The molecule has 3 aromatic carbocycles. The van der Waals surface area contributed by atoms with Gasteiger partial charge in [-0.25, -0.2) is 8.42 Å². The summed E-state index contributed by atoms with van der Waals surface area (Å²) in [5.41, 5.74) is 3.94. The lowest BCUT2D eigenvalue weighted by Gasteiger charge is -2.25. The van der Waals surface area contributed by atoms with E-state index in [1.807, 2.05) is 39.8 Å². The number of aryl methyl sites for hydroxylation is 3. The topological polar surface area (TPSA) is 110 Å². The first-order valence-electron chi connectivity index (χ1n) is 10.7. The van der Waals surface area contributed by atoms with Crippen LogP contribution in [0, 0.1) is 30.9 Å². The number of anilines is 1. The third-order valence-corrected chi connectivity index (χ3v) is 7.46. The molecular formula is C25H27N3O5S. The molecule has 0 heterocycles. The Morgan fingerprint density at radius 3 is 2.26 bits per heavy atom. The van der Waals surface area contributed by atoms with Crippen LogP contribution in [0.2, 0.25) is 0 Å². The minimum Gasteiger partial charge on any atom is -0.348 e. The van der Waals surface area contributed by atoms with Gasteiger partial charge in [0.15, 0.2) is 0 Å². The lowest BCUT2D eigenvalue weighted by atomic mass is 9.96. The van der Waals surface area contributed by atoms with Crippen molar-refractivity contribution >= 4 is 27.3 Å². The minimum absolute atomic E-state index is 0.0210. The van der Waals surface area contributed by atoms with Crippen molar-refractivity contribution in [3.63, 3.8) is 0 Å². The summed E-state index contributed by atoms with van der Waals surface area (Å²) in [6.45, 7) is 7.26. The Balaban J connectivity index is 1.94. The zero-order chi connectivity index (χ0) is 25.0. The molecule has 1 unspecified atom stereocenters. The summed E-state index contributed by atoms with van der Waals surface area (Å²) in [5.74, 6) is -0.531. The molecule has 9 heteroatoms. The van der Waals surface area contributed by atoms with Gasteiger partial charge in [0.25, 0.3) is 15.7 Å². The van der Waals surface area contributed by atoms with E-state index in [4.69, 9.17) is 0 Å². The fraction of sp³-hybridized carbons (Fsp3) is 0.240. The monoisotopic (exact) mass is 481 g/mol. The number of amides is 1. The van der Waals surface area contributed by atoms with Crippen LogP contribution in [0.1, 0.15) is 35.2 Å². The molecule has 1 atom stereocenters. The van der Waals surface area contributed by atoms with Gasteiger partial charge in [0.1, 0.15) is 6.54 Å². The maximum atomic E-state index is 13.4. The molecule has 0 aliphatic heterocycles. The second-order valence-electron chi connectivity index (χ2n) is 8.18. The van der Waals surface area contributed by atoms with Gasteiger partial charge >= 0.3 is 0 Å². The number of hydrogen-bond donors (Lipinski definition) is 1. The third kappa shape index (κ3) is 5.43. The molecule has 0 saturated heterocycles. The maximum Gasteiger partial charge on any atom is 0.271 e. The number of sulfonamides is 1. The predicted octanol–water partition coefficient (Wildman–Crippen LogP) is 4.59. The van der Waals surface area contributed by atoms with Gasteiger partial charge in [0.05, 0.1) is 21.5 Å². The lowest BCUT2D eigenvalue weighted by molar-refractivity contribution is -0.384. The Hall–Kier alpha value is -3.72. The fourth-order valence-electron chi connectivity index (χ4n) is 3.74. The van der Waals surface area contributed by atoms with E-state index in [1.165, 1.54) is 30.3 Å². The number of rotatable bonds is 8. The average molecular weight is 482 g/mol. The summed E-state index contributed by atoms with van der Waals surface area (Å²) in [4.78, 5) is 23.7. The molecule has 1 amide bonds. The number of carbonyl (C=O) groups is 1. The SMILES string of the molecule is Cc1cc(C)c(C(C)NC(=O)CN(c2cccc([N+](=O)[O-])c2)S(=O)(=O)c2ccccc2)cc1C. The van der Waals surface area contributed by atoms with Crippen molar-refractivity contribution in [3.05, 3.63) is 99.1 Å². The number of nitrogens with zero attached hydrogens (tertiary/aromatic N) is 2. The van der Waals surface area contributed by atoms with E-state index in [-0.39, 0.29) is 22.3 Å². The van der Waals surface area contributed by atoms with Crippen molar-refractivity contribution in [1.82, 2.24) is 5.32 Å². The number of nitrogens with one attached hydrogen (secondary N) is 1. The highest BCUT2D eigenvalue weighted by molar-refractivity contribution is 7.92. The van der Waals surface area contributed by atoms with Crippen molar-refractivity contribution in [2.24, 2.45) is 0 Å². The Labute approximate surface area is 199 Å². The molecule has 0 radical (unpaired) electrons. The lowest BCUT2D eigenvalue weighted by Crippen LogP contribution is -2.41. The molecule has 0 spiro atoms. The van der Waals surface area contributed by atoms with E-state index >= 15 is 0 Å². The summed E-state index contributed by atoms with van der Waals surface area (Å²) in [6, 6.07) is 16.6. The highest BCUT2D eigenvalue weighted by Gasteiger charge is 2.28. The molecule has 3 rings (SSSR count). The van der Waals surface area contributed by atoms with Crippen LogP contribution in [-0.4, -0.2) is 25.8 Å². The third-order valence-electron chi connectivity index (χ3n) is 5.67. The molecule has 0 saturated carbocycles. The second-order valence-corrected chi connectivity index (χ2v) is 10.0. The van der Waals surface area contributed by atoms with Crippen LogP contribution in [0.25, 0.3) is 0 Å². The smallest absolute Gasteiger partial charge is 0.271 e. The molecular weight excluding hydrogens is 454 g/mol. The predicted molar refractivity (Wildman–Crippen MR) is 131 cm³/mol. The van der Waals surface area contributed by atoms with Gasteiger partial charge in [-0.05, 0) is 68.1 Å². The van der Waals surface area contributed by atoms with E-state index in [0.29, 0.717) is 0 Å². The summed E-state index contributed by atoms with van der Waals surface area (Å²) in [7, 11) is -4.16. The van der Waals surface area contributed by atoms with E-state index in [1.54, 1.807) is 18.2 Å². The van der Waals surface area contributed by atoms with Crippen LogP contribution in [0.3, 0.4) is 0 Å². The number of nitro groups is 1. The van der Waals surface area contributed by atoms with E-state index in [2.05, 4.69) is 5.32 Å². The number of nitro benzene ring substituents is 1. The van der Waals surface area contributed by atoms with Crippen LogP contribution < -0.4 is 9.62 Å². The fourth-order valence-corrected chi connectivity index (χ4v) is 5.18. The summed E-state index contributed by atoms with van der Waals surface area (Å²) >= 11 is 0. The number of hydrogen-bond acceptors (Lipinski definition) is 5. The Morgan fingerprint density at radius 1 is 0.971 bits per heavy atom. The molecule has 0 aromatic heterocycles. The largest absolute Gasteiger partial charge is 0.348 e. The van der Waals surface area contributed by atoms with Crippen LogP contribution in [0.15, 0.2) is 71.6 Å². The van der Waals surface area contributed by atoms with Gasteiger partial charge in [0, 0.05) is 12.1 Å².